The normalized spacial score (nSPS) is 10.1. The van der Waals surface area contributed by atoms with Gasteiger partial charge < -0.3 is 15.2 Å². The molecule has 2 N–H and O–H groups in total. The largest absolute Gasteiger partial charge is 0.497 e. The molecule has 0 spiro atoms. The number of anilines is 1. The van der Waals surface area contributed by atoms with Crippen LogP contribution in [0.1, 0.15) is 22.3 Å². The third kappa shape index (κ3) is 4.24. The number of carbonyl (C=O) groups is 1. The summed E-state index contributed by atoms with van der Waals surface area (Å²) in [5.74, 6) is -0.297. The molecule has 0 aromatic heterocycles. The summed E-state index contributed by atoms with van der Waals surface area (Å²) in [6.07, 6.45) is 1.89. The lowest BCUT2D eigenvalue weighted by Gasteiger charge is -2.11. The number of benzene rings is 2. The molecule has 0 aliphatic heterocycles. The van der Waals surface area contributed by atoms with Gasteiger partial charge in [0.25, 0.3) is 0 Å². The molecule has 0 fully saturated rings. The number of aryl methyl sites for hydroxylation is 1. The number of hydrogen-bond acceptors (Lipinski definition) is 3. The number of hydrogen-bond donors (Lipinski definition) is 2. The van der Waals surface area contributed by atoms with Gasteiger partial charge in [-0.1, -0.05) is 30.3 Å². The Morgan fingerprint density at radius 3 is 2.62 bits per heavy atom. The number of carboxylic acid groups (broad SMARTS) is 1. The molecule has 4 heteroatoms. The van der Waals surface area contributed by atoms with Crippen molar-refractivity contribution in [3.8, 4) is 5.75 Å². The predicted octanol–water partition coefficient (Wildman–Crippen LogP) is 3.44. The van der Waals surface area contributed by atoms with Crippen LogP contribution in [0, 0.1) is 0 Å². The highest BCUT2D eigenvalue weighted by Crippen LogP contribution is 2.22. The summed E-state index contributed by atoms with van der Waals surface area (Å²) in [4.78, 5) is 11.2. The molecular formula is C17H19NO3. The van der Waals surface area contributed by atoms with Gasteiger partial charge in [-0.05, 0) is 30.5 Å². The van der Waals surface area contributed by atoms with Crippen LogP contribution in [0.15, 0.2) is 48.5 Å². The molecule has 21 heavy (non-hydrogen) atoms. The van der Waals surface area contributed by atoms with Crippen LogP contribution < -0.4 is 10.1 Å². The maximum Gasteiger partial charge on any atom is 0.337 e. The van der Waals surface area contributed by atoms with Gasteiger partial charge in [-0.2, -0.15) is 0 Å². The van der Waals surface area contributed by atoms with Crippen molar-refractivity contribution in [1.29, 1.82) is 0 Å². The van der Waals surface area contributed by atoms with Crippen LogP contribution in [0.2, 0.25) is 0 Å². The van der Waals surface area contributed by atoms with Gasteiger partial charge in [0, 0.05) is 12.6 Å². The second-order valence-corrected chi connectivity index (χ2v) is 4.73. The van der Waals surface area contributed by atoms with Crippen molar-refractivity contribution >= 4 is 11.7 Å². The Balaban J connectivity index is 1.94. The minimum atomic E-state index is -0.941. The van der Waals surface area contributed by atoms with E-state index in [2.05, 4.69) is 17.4 Å². The number of carboxylic acids is 1. The molecule has 2 aromatic rings. The number of ether oxygens (including phenoxy) is 1. The molecule has 0 aliphatic carbocycles. The lowest BCUT2D eigenvalue weighted by molar-refractivity contribution is 0.0698. The first kappa shape index (κ1) is 14.9. The molecule has 0 atom stereocenters. The van der Waals surface area contributed by atoms with E-state index in [-0.39, 0.29) is 5.56 Å². The molecule has 0 amide bonds. The number of aromatic carboxylic acids is 1. The second kappa shape index (κ2) is 7.33. The zero-order valence-corrected chi connectivity index (χ0v) is 12.0. The number of rotatable bonds is 7. The molecule has 0 heterocycles. The van der Waals surface area contributed by atoms with Crippen molar-refractivity contribution < 1.29 is 14.6 Å². The van der Waals surface area contributed by atoms with Gasteiger partial charge in [-0.25, -0.2) is 4.79 Å². The number of methoxy groups -OCH3 is 1. The average Bonchev–Trinajstić information content (AvgIpc) is 2.52. The van der Waals surface area contributed by atoms with Crippen LogP contribution in [-0.2, 0) is 6.42 Å². The molecule has 2 rings (SSSR count). The van der Waals surface area contributed by atoms with Crippen molar-refractivity contribution in [3.63, 3.8) is 0 Å². The van der Waals surface area contributed by atoms with E-state index in [1.807, 2.05) is 18.2 Å². The molecule has 0 saturated carbocycles. The Hall–Kier alpha value is -2.49. The fourth-order valence-corrected chi connectivity index (χ4v) is 2.14. The third-order valence-electron chi connectivity index (χ3n) is 3.26. The van der Waals surface area contributed by atoms with E-state index in [0.29, 0.717) is 18.0 Å². The van der Waals surface area contributed by atoms with E-state index in [0.717, 1.165) is 12.8 Å². The highest BCUT2D eigenvalue weighted by atomic mass is 16.5. The van der Waals surface area contributed by atoms with Crippen LogP contribution in [0.5, 0.6) is 5.75 Å². The minimum Gasteiger partial charge on any atom is -0.497 e. The quantitative estimate of drug-likeness (QED) is 0.765. The Labute approximate surface area is 124 Å². The molecule has 0 aliphatic rings. The van der Waals surface area contributed by atoms with Crippen molar-refractivity contribution in [2.75, 3.05) is 19.0 Å². The first-order chi connectivity index (χ1) is 10.2. The van der Waals surface area contributed by atoms with E-state index in [1.165, 1.54) is 5.56 Å². The highest BCUT2D eigenvalue weighted by Gasteiger charge is 2.10. The van der Waals surface area contributed by atoms with Gasteiger partial charge >= 0.3 is 5.97 Å². The topological polar surface area (TPSA) is 58.6 Å². The maximum atomic E-state index is 11.2. The fraction of sp³-hybridized carbons (Fsp3) is 0.235. The zero-order valence-electron chi connectivity index (χ0n) is 12.0. The first-order valence-electron chi connectivity index (χ1n) is 6.90. The number of nitrogens with one attached hydrogen (secondary N) is 1. The summed E-state index contributed by atoms with van der Waals surface area (Å²) in [7, 11) is 1.56. The van der Waals surface area contributed by atoms with Gasteiger partial charge in [0.15, 0.2) is 0 Å². The summed E-state index contributed by atoms with van der Waals surface area (Å²) in [5, 5.41) is 12.4. The molecule has 2 aromatic carbocycles. The van der Waals surface area contributed by atoms with Crippen LogP contribution in [-0.4, -0.2) is 24.7 Å². The Kier molecular flexibility index (Phi) is 5.21. The van der Waals surface area contributed by atoms with Gasteiger partial charge in [0.05, 0.1) is 18.4 Å². The first-order valence-corrected chi connectivity index (χ1v) is 6.90. The molecule has 0 saturated heterocycles. The molecule has 0 bridgehead atoms. The maximum absolute atomic E-state index is 11.2. The standard InChI is InChI=1S/C17H19NO3/c1-21-14-9-10-15(17(19)20)16(12-14)18-11-5-8-13-6-3-2-4-7-13/h2-4,6-7,9-10,12,18H,5,8,11H2,1H3,(H,19,20). The Morgan fingerprint density at radius 2 is 1.95 bits per heavy atom. The van der Waals surface area contributed by atoms with Gasteiger partial charge in [0.2, 0.25) is 0 Å². The Bertz CT molecular complexity index is 596. The van der Waals surface area contributed by atoms with Crippen molar-refractivity contribution in [3.05, 3.63) is 59.7 Å². The summed E-state index contributed by atoms with van der Waals surface area (Å²) in [6.45, 7) is 0.711. The average molecular weight is 285 g/mol. The molecule has 110 valence electrons. The van der Waals surface area contributed by atoms with Crippen molar-refractivity contribution in [2.24, 2.45) is 0 Å². The summed E-state index contributed by atoms with van der Waals surface area (Å²) in [6, 6.07) is 15.1. The second-order valence-electron chi connectivity index (χ2n) is 4.73. The van der Waals surface area contributed by atoms with Gasteiger partial charge in [-0.3, -0.25) is 0 Å². The predicted molar refractivity (Wildman–Crippen MR) is 83.2 cm³/mol. The minimum absolute atomic E-state index is 0.260. The van der Waals surface area contributed by atoms with Gasteiger partial charge in [0.1, 0.15) is 5.75 Å². The van der Waals surface area contributed by atoms with Crippen molar-refractivity contribution in [1.82, 2.24) is 0 Å². The van der Waals surface area contributed by atoms with E-state index in [1.54, 1.807) is 25.3 Å². The fourth-order valence-electron chi connectivity index (χ4n) is 2.14. The lowest BCUT2D eigenvalue weighted by Crippen LogP contribution is -2.08. The third-order valence-corrected chi connectivity index (χ3v) is 3.26. The molecule has 4 nitrogen and oxygen atoms in total. The van der Waals surface area contributed by atoms with Crippen LogP contribution in [0.25, 0.3) is 0 Å². The summed E-state index contributed by atoms with van der Waals surface area (Å²) < 4.78 is 5.13. The van der Waals surface area contributed by atoms with E-state index >= 15 is 0 Å². The SMILES string of the molecule is COc1ccc(C(=O)O)c(NCCCc2ccccc2)c1. The van der Waals surface area contributed by atoms with Gasteiger partial charge in [-0.15, -0.1) is 0 Å². The monoisotopic (exact) mass is 285 g/mol. The Morgan fingerprint density at radius 1 is 1.19 bits per heavy atom. The summed E-state index contributed by atoms with van der Waals surface area (Å²) >= 11 is 0. The van der Waals surface area contributed by atoms with Crippen molar-refractivity contribution in [2.45, 2.75) is 12.8 Å². The van der Waals surface area contributed by atoms with E-state index < -0.39 is 5.97 Å². The van der Waals surface area contributed by atoms with Crippen LogP contribution in [0.4, 0.5) is 5.69 Å². The summed E-state index contributed by atoms with van der Waals surface area (Å²) in [5.41, 5.74) is 2.13. The smallest absolute Gasteiger partial charge is 0.337 e. The molecule has 0 unspecified atom stereocenters. The lowest BCUT2D eigenvalue weighted by atomic mass is 10.1. The van der Waals surface area contributed by atoms with Crippen LogP contribution >= 0.6 is 0 Å². The molecule has 0 radical (unpaired) electrons. The highest BCUT2D eigenvalue weighted by molar-refractivity contribution is 5.94. The van der Waals surface area contributed by atoms with E-state index in [9.17, 15) is 9.90 Å². The zero-order chi connectivity index (χ0) is 15.1. The molecular weight excluding hydrogens is 266 g/mol. The van der Waals surface area contributed by atoms with E-state index in [4.69, 9.17) is 4.74 Å². The van der Waals surface area contributed by atoms with Crippen LogP contribution in [0.3, 0.4) is 0 Å².